The van der Waals surface area contributed by atoms with E-state index in [1.54, 1.807) is 7.11 Å². The second-order valence-corrected chi connectivity index (χ2v) is 8.08. The maximum Gasteiger partial charge on any atom is 0.229 e. The van der Waals surface area contributed by atoms with Crippen LogP contribution < -0.4 is 5.32 Å². The van der Waals surface area contributed by atoms with Crippen molar-refractivity contribution in [2.75, 3.05) is 19.0 Å². The summed E-state index contributed by atoms with van der Waals surface area (Å²) in [6.07, 6.45) is 12.9. The zero-order valence-corrected chi connectivity index (χ0v) is 16.8. The van der Waals surface area contributed by atoms with E-state index in [4.69, 9.17) is 9.72 Å². The van der Waals surface area contributed by atoms with Crippen molar-refractivity contribution in [3.05, 3.63) is 30.0 Å². The zero-order valence-electron chi connectivity index (χ0n) is 16.8. The summed E-state index contributed by atoms with van der Waals surface area (Å²) in [4.78, 5) is 17.5. The molecule has 2 aromatic heterocycles. The Morgan fingerprint density at radius 3 is 2.96 bits per heavy atom. The summed E-state index contributed by atoms with van der Waals surface area (Å²) in [5.41, 5.74) is 1.21. The van der Waals surface area contributed by atoms with Gasteiger partial charge in [0.15, 0.2) is 5.82 Å². The first-order valence-corrected chi connectivity index (χ1v) is 10.6. The maximum absolute atomic E-state index is 12.7. The monoisotopic (exact) mass is 385 g/mol. The Morgan fingerprint density at radius 1 is 1.29 bits per heavy atom. The molecule has 1 aliphatic heterocycles. The number of hydrogen-bond acceptors (Lipinski definition) is 4. The number of nitrogens with one attached hydrogen (secondary N) is 1. The van der Waals surface area contributed by atoms with Gasteiger partial charge in [-0.25, -0.2) is 4.98 Å². The van der Waals surface area contributed by atoms with Crippen molar-refractivity contribution in [2.45, 2.75) is 70.4 Å². The molecule has 0 bridgehead atoms. The molecule has 0 aromatic carbocycles. The Balaban J connectivity index is 1.34. The van der Waals surface area contributed by atoms with E-state index in [1.165, 1.54) is 43.6 Å². The number of carbonyl (C=O) groups is 1. The average Bonchev–Trinajstić information content (AvgIpc) is 3.35. The predicted molar refractivity (Wildman–Crippen MR) is 107 cm³/mol. The van der Waals surface area contributed by atoms with Gasteiger partial charge in [0, 0.05) is 69.2 Å². The Bertz CT molecular complexity index is 791. The molecule has 3 heterocycles. The number of nitrogens with zero attached hydrogens (tertiary/aromatic N) is 4. The number of ether oxygens (including phenoxy) is 1. The highest BCUT2D eigenvalue weighted by Crippen LogP contribution is 2.34. The summed E-state index contributed by atoms with van der Waals surface area (Å²) in [7, 11) is 1.70. The van der Waals surface area contributed by atoms with Crippen LogP contribution in [0.4, 0.5) is 5.82 Å². The molecule has 7 nitrogen and oxygen atoms in total. The van der Waals surface area contributed by atoms with E-state index in [0.717, 1.165) is 32.4 Å². The average molecular weight is 386 g/mol. The van der Waals surface area contributed by atoms with Crippen LogP contribution >= 0.6 is 0 Å². The van der Waals surface area contributed by atoms with E-state index in [-0.39, 0.29) is 11.8 Å². The van der Waals surface area contributed by atoms with Gasteiger partial charge in [-0.1, -0.05) is 19.3 Å². The van der Waals surface area contributed by atoms with Crippen LogP contribution in [0.1, 0.15) is 62.4 Å². The minimum atomic E-state index is -0.0120. The number of aromatic nitrogens is 4. The van der Waals surface area contributed by atoms with Crippen LogP contribution in [0.5, 0.6) is 0 Å². The third-order valence-corrected chi connectivity index (χ3v) is 6.09. The van der Waals surface area contributed by atoms with Gasteiger partial charge < -0.3 is 14.6 Å². The van der Waals surface area contributed by atoms with Crippen molar-refractivity contribution in [3.63, 3.8) is 0 Å². The lowest BCUT2D eigenvalue weighted by Gasteiger charge is -2.27. The molecule has 0 unspecified atom stereocenters. The van der Waals surface area contributed by atoms with E-state index < -0.39 is 0 Å². The van der Waals surface area contributed by atoms with Gasteiger partial charge in [0.1, 0.15) is 5.82 Å². The Morgan fingerprint density at radius 2 is 2.14 bits per heavy atom. The predicted octanol–water partition coefficient (Wildman–Crippen LogP) is 3.36. The molecule has 4 rings (SSSR count). The standard InChI is InChI=1S/C21H31N5O2/c1-28-13-5-10-25-11-9-19(24-25)23-21(27)17-8-12-26-18(14-17)15-22-20(26)16-6-3-2-4-7-16/h9,11,15-17H,2-8,10,12-14H2,1H3,(H,23,24,27)/t17-/m0/s1. The second-order valence-electron chi connectivity index (χ2n) is 8.08. The van der Waals surface area contributed by atoms with E-state index in [2.05, 4.69) is 15.0 Å². The Hall–Kier alpha value is -2.15. The first kappa shape index (κ1) is 19.2. The zero-order chi connectivity index (χ0) is 19.3. The number of amides is 1. The Kier molecular flexibility index (Phi) is 6.10. The summed E-state index contributed by atoms with van der Waals surface area (Å²) in [5, 5.41) is 7.43. The number of hydrogen-bond donors (Lipinski definition) is 1. The lowest BCUT2D eigenvalue weighted by molar-refractivity contribution is -0.120. The molecule has 1 aliphatic carbocycles. The van der Waals surface area contributed by atoms with Crippen molar-refractivity contribution in [3.8, 4) is 0 Å². The van der Waals surface area contributed by atoms with Crippen LogP contribution in [0.3, 0.4) is 0 Å². The van der Waals surface area contributed by atoms with Crippen LogP contribution in [0.25, 0.3) is 0 Å². The molecule has 2 aliphatic rings. The normalized spacial score (nSPS) is 20.1. The highest BCUT2D eigenvalue weighted by Gasteiger charge is 2.29. The lowest BCUT2D eigenvalue weighted by atomic mass is 9.88. The summed E-state index contributed by atoms with van der Waals surface area (Å²) in [6.45, 7) is 2.39. The van der Waals surface area contributed by atoms with Gasteiger partial charge in [-0.2, -0.15) is 5.10 Å². The van der Waals surface area contributed by atoms with E-state index in [9.17, 15) is 4.79 Å². The molecule has 0 radical (unpaired) electrons. The van der Waals surface area contributed by atoms with Crippen molar-refractivity contribution in [1.82, 2.24) is 19.3 Å². The van der Waals surface area contributed by atoms with E-state index in [1.807, 2.05) is 23.1 Å². The molecular formula is C21H31N5O2. The van der Waals surface area contributed by atoms with Gasteiger partial charge in [0.25, 0.3) is 0 Å². The third kappa shape index (κ3) is 4.29. The molecule has 0 spiro atoms. The van der Waals surface area contributed by atoms with Crippen molar-refractivity contribution < 1.29 is 9.53 Å². The van der Waals surface area contributed by atoms with Crippen LogP contribution in [-0.2, 0) is 29.0 Å². The molecule has 1 N–H and O–H groups in total. The quantitative estimate of drug-likeness (QED) is 0.742. The number of imidazole rings is 1. The van der Waals surface area contributed by atoms with Crippen LogP contribution in [0.15, 0.2) is 18.5 Å². The first-order chi connectivity index (χ1) is 13.7. The fourth-order valence-corrected chi connectivity index (χ4v) is 4.55. The van der Waals surface area contributed by atoms with E-state index in [0.29, 0.717) is 18.3 Å². The minimum absolute atomic E-state index is 0.0120. The highest BCUT2D eigenvalue weighted by molar-refractivity contribution is 5.91. The molecule has 152 valence electrons. The van der Waals surface area contributed by atoms with E-state index >= 15 is 0 Å². The van der Waals surface area contributed by atoms with Gasteiger partial charge in [-0.15, -0.1) is 0 Å². The molecule has 1 atom stereocenters. The molecule has 1 fully saturated rings. The number of anilines is 1. The SMILES string of the molecule is COCCCn1ccc(NC(=O)[C@H]2CCn3c(cnc3C3CCCCC3)C2)n1. The number of fused-ring (bicyclic) bond motifs is 1. The molecule has 28 heavy (non-hydrogen) atoms. The number of methoxy groups -OCH3 is 1. The van der Waals surface area contributed by atoms with Gasteiger partial charge >= 0.3 is 0 Å². The summed E-state index contributed by atoms with van der Waals surface area (Å²) < 4.78 is 9.29. The fraction of sp³-hybridized carbons (Fsp3) is 0.667. The molecular weight excluding hydrogens is 354 g/mol. The second kappa shape index (κ2) is 8.90. The van der Waals surface area contributed by atoms with Crippen molar-refractivity contribution in [2.24, 2.45) is 5.92 Å². The maximum atomic E-state index is 12.7. The Labute approximate surface area is 166 Å². The van der Waals surface area contributed by atoms with Crippen LogP contribution in [0.2, 0.25) is 0 Å². The number of rotatable bonds is 7. The fourth-order valence-electron chi connectivity index (χ4n) is 4.55. The van der Waals surface area contributed by atoms with Gasteiger partial charge in [-0.3, -0.25) is 9.48 Å². The first-order valence-electron chi connectivity index (χ1n) is 10.6. The van der Waals surface area contributed by atoms with Crippen molar-refractivity contribution in [1.29, 1.82) is 0 Å². The largest absolute Gasteiger partial charge is 0.385 e. The highest BCUT2D eigenvalue weighted by atomic mass is 16.5. The minimum Gasteiger partial charge on any atom is -0.385 e. The van der Waals surface area contributed by atoms with Crippen LogP contribution in [-0.4, -0.2) is 39.0 Å². The van der Waals surface area contributed by atoms with Crippen molar-refractivity contribution >= 4 is 11.7 Å². The smallest absolute Gasteiger partial charge is 0.229 e. The number of carbonyl (C=O) groups excluding carboxylic acids is 1. The lowest BCUT2D eigenvalue weighted by Crippen LogP contribution is -2.31. The third-order valence-electron chi connectivity index (χ3n) is 6.09. The molecule has 1 amide bonds. The molecule has 1 saturated carbocycles. The van der Waals surface area contributed by atoms with Gasteiger partial charge in [0.2, 0.25) is 5.91 Å². The summed E-state index contributed by atoms with van der Waals surface area (Å²) in [6, 6.07) is 1.86. The summed E-state index contributed by atoms with van der Waals surface area (Å²) in [5.74, 6) is 2.54. The van der Waals surface area contributed by atoms with Gasteiger partial charge in [-0.05, 0) is 25.7 Å². The van der Waals surface area contributed by atoms with Gasteiger partial charge in [0.05, 0.1) is 0 Å². The molecule has 2 aromatic rings. The topological polar surface area (TPSA) is 74.0 Å². The summed E-state index contributed by atoms with van der Waals surface area (Å²) >= 11 is 0. The molecule has 7 heteroatoms. The van der Waals surface area contributed by atoms with Crippen LogP contribution in [0, 0.1) is 5.92 Å². The number of aryl methyl sites for hydroxylation is 1. The molecule has 0 saturated heterocycles.